The first-order valence-electron chi connectivity index (χ1n) is 5.59. The number of rotatable bonds is 4. The Balaban J connectivity index is 2.38. The largest absolute Gasteiger partial charge is 0.545 e. The maximum absolute atomic E-state index is 13.6. The molecule has 0 aromatic heterocycles. The van der Waals surface area contributed by atoms with Crippen molar-refractivity contribution >= 4 is 37.6 Å². The molecule has 0 aliphatic heterocycles. The van der Waals surface area contributed by atoms with Gasteiger partial charge in [-0.05, 0) is 35.9 Å². The maximum Gasteiger partial charge on any atom is 0.262 e. The van der Waals surface area contributed by atoms with Crippen LogP contribution in [-0.4, -0.2) is 14.4 Å². The van der Waals surface area contributed by atoms with Gasteiger partial charge in [0.25, 0.3) is 10.0 Å². The lowest BCUT2D eigenvalue weighted by Crippen LogP contribution is -2.23. The van der Waals surface area contributed by atoms with E-state index in [0.717, 1.165) is 12.1 Å². The van der Waals surface area contributed by atoms with Gasteiger partial charge in [-0.1, -0.05) is 28.1 Å². The van der Waals surface area contributed by atoms with Gasteiger partial charge in [0.15, 0.2) is 0 Å². The summed E-state index contributed by atoms with van der Waals surface area (Å²) in [5.74, 6) is -2.26. The fourth-order valence-electron chi connectivity index (χ4n) is 1.57. The van der Waals surface area contributed by atoms with Crippen LogP contribution in [-0.2, 0) is 10.0 Å². The summed E-state index contributed by atoms with van der Waals surface area (Å²) in [6, 6.07) is 8.43. The molecule has 2 rings (SSSR count). The van der Waals surface area contributed by atoms with E-state index in [4.69, 9.17) is 0 Å². The number of carbonyl (C=O) groups is 1. The molecule has 0 saturated carbocycles. The number of benzene rings is 2. The molecule has 110 valence electrons. The van der Waals surface area contributed by atoms with Crippen LogP contribution in [0.4, 0.5) is 10.1 Å². The number of carboxylic acids is 1. The molecule has 8 heteroatoms. The zero-order chi connectivity index (χ0) is 15.6. The highest BCUT2D eigenvalue weighted by Crippen LogP contribution is 2.22. The standard InChI is InChI=1S/C13H9BrFNO4S/c14-9-4-5-12(11(15)7-9)16-21(19,20)10-3-1-2-8(6-10)13(17)18/h1-7,16H,(H,17,18)/p-1. The van der Waals surface area contributed by atoms with Crippen molar-refractivity contribution in [2.24, 2.45) is 0 Å². The Kier molecular flexibility index (Phi) is 4.29. The lowest BCUT2D eigenvalue weighted by molar-refractivity contribution is -0.255. The highest BCUT2D eigenvalue weighted by atomic mass is 79.9. The lowest BCUT2D eigenvalue weighted by Gasteiger charge is -2.10. The molecular formula is C13H8BrFNO4S-. The van der Waals surface area contributed by atoms with E-state index in [1.807, 2.05) is 0 Å². The molecule has 0 bridgehead atoms. The van der Waals surface area contributed by atoms with Crippen molar-refractivity contribution in [3.8, 4) is 0 Å². The summed E-state index contributed by atoms with van der Waals surface area (Å²) < 4.78 is 40.4. The van der Waals surface area contributed by atoms with E-state index in [9.17, 15) is 22.7 Å². The van der Waals surface area contributed by atoms with E-state index >= 15 is 0 Å². The first-order chi connectivity index (χ1) is 9.79. The third-order valence-corrected chi connectivity index (χ3v) is 4.41. The van der Waals surface area contributed by atoms with Gasteiger partial charge in [-0.2, -0.15) is 0 Å². The molecule has 0 aliphatic carbocycles. The minimum atomic E-state index is -4.10. The van der Waals surface area contributed by atoms with Gasteiger partial charge in [-0.3, -0.25) is 4.72 Å². The molecule has 0 amide bonds. The summed E-state index contributed by atoms with van der Waals surface area (Å²) >= 11 is 3.06. The van der Waals surface area contributed by atoms with Crippen LogP contribution in [0, 0.1) is 5.82 Å². The van der Waals surface area contributed by atoms with Crippen molar-refractivity contribution in [3.05, 3.63) is 58.3 Å². The topological polar surface area (TPSA) is 86.3 Å². The van der Waals surface area contributed by atoms with E-state index in [1.165, 1.54) is 30.3 Å². The van der Waals surface area contributed by atoms with Crippen LogP contribution < -0.4 is 9.83 Å². The number of carbonyl (C=O) groups excluding carboxylic acids is 1. The number of hydrogen-bond acceptors (Lipinski definition) is 4. The number of anilines is 1. The quantitative estimate of drug-likeness (QED) is 0.885. The van der Waals surface area contributed by atoms with E-state index < -0.39 is 21.8 Å². The second kappa shape index (κ2) is 5.82. The number of nitrogens with one attached hydrogen (secondary N) is 1. The SMILES string of the molecule is O=C([O-])c1cccc(S(=O)(=O)Nc2ccc(Br)cc2F)c1. The Labute approximate surface area is 128 Å². The monoisotopic (exact) mass is 372 g/mol. The highest BCUT2D eigenvalue weighted by molar-refractivity contribution is 9.10. The number of hydrogen-bond donors (Lipinski definition) is 1. The Morgan fingerprint density at radius 1 is 1.19 bits per heavy atom. The molecule has 21 heavy (non-hydrogen) atoms. The third-order valence-electron chi connectivity index (χ3n) is 2.56. The fraction of sp³-hybridized carbons (Fsp3) is 0. The average Bonchev–Trinajstić information content (AvgIpc) is 2.42. The summed E-state index contributed by atoms with van der Waals surface area (Å²) in [6.07, 6.45) is 0. The number of carboxylic acid groups (broad SMARTS) is 1. The predicted octanol–water partition coefficient (Wildman–Crippen LogP) is 1.75. The normalized spacial score (nSPS) is 11.1. The molecule has 0 radical (unpaired) electrons. The summed E-state index contributed by atoms with van der Waals surface area (Å²) in [4.78, 5) is 10.4. The van der Waals surface area contributed by atoms with Gasteiger partial charge in [0, 0.05) is 4.47 Å². The van der Waals surface area contributed by atoms with Crippen LogP contribution in [0.3, 0.4) is 0 Å². The molecule has 0 aliphatic rings. The zero-order valence-electron chi connectivity index (χ0n) is 10.3. The smallest absolute Gasteiger partial charge is 0.262 e. The number of aromatic carboxylic acids is 1. The Bertz CT molecular complexity index is 808. The first kappa shape index (κ1) is 15.5. The molecule has 5 nitrogen and oxygen atoms in total. The Morgan fingerprint density at radius 3 is 2.52 bits per heavy atom. The van der Waals surface area contributed by atoms with Gasteiger partial charge >= 0.3 is 0 Å². The van der Waals surface area contributed by atoms with E-state index in [1.54, 1.807) is 0 Å². The van der Waals surface area contributed by atoms with Crippen LogP contribution in [0.1, 0.15) is 10.4 Å². The summed E-state index contributed by atoms with van der Waals surface area (Å²) in [6.45, 7) is 0. The second-order valence-corrected chi connectivity index (χ2v) is 6.64. The summed E-state index contributed by atoms with van der Waals surface area (Å²) in [5.41, 5.74) is -0.522. The van der Waals surface area contributed by atoms with Crippen LogP contribution in [0.5, 0.6) is 0 Å². The summed E-state index contributed by atoms with van der Waals surface area (Å²) in [7, 11) is -4.10. The molecule has 0 heterocycles. The molecule has 0 saturated heterocycles. The van der Waals surface area contributed by atoms with Gasteiger partial charge in [-0.15, -0.1) is 0 Å². The van der Waals surface area contributed by atoms with Crippen LogP contribution >= 0.6 is 15.9 Å². The van der Waals surface area contributed by atoms with Crippen molar-refractivity contribution in [2.45, 2.75) is 4.90 Å². The number of sulfonamides is 1. The molecular weight excluding hydrogens is 365 g/mol. The molecule has 2 aromatic rings. The van der Waals surface area contributed by atoms with Crippen molar-refractivity contribution < 1.29 is 22.7 Å². The minimum Gasteiger partial charge on any atom is -0.545 e. The van der Waals surface area contributed by atoms with Gasteiger partial charge in [0.2, 0.25) is 0 Å². The molecule has 0 atom stereocenters. The zero-order valence-corrected chi connectivity index (χ0v) is 12.7. The van der Waals surface area contributed by atoms with E-state index in [-0.39, 0.29) is 16.1 Å². The average molecular weight is 373 g/mol. The molecule has 2 aromatic carbocycles. The van der Waals surface area contributed by atoms with Crippen molar-refractivity contribution in [1.82, 2.24) is 0 Å². The van der Waals surface area contributed by atoms with Crippen molar-refractivity contribution in [2.75, 3.05) is 4.72 Å². The van der Waals surface area contributed by atoms with Gasteiger partial charge in [-0.25, -0.2) is 12.8 Å². The third kappa shape index (κ3) is 3.59. The van der Waals surface area contributed by atoms with Crippen molar-refractivity contribution in [1.29, 1.82) is 0 Å². The molecule has 1 N–H and O–H groups in total. The predicted molar refractivity (Wildman–Crippen MR) is 75.7 cm³/mol. The lowest BCUT2D eigenvalue weighted by atomic mass is 10.2. The Morgan fingerprint density at radius 2 is 1.90 bits per heavy atom. The van der Waals surface area contributed by atoms with Crippen molar-refractivity contribution in [3.63, 3.8) is 0 Å². The second-order valence-electron chi connectivity index (χ2n) is 4.04. The highest BCUT2D eigenvalue weighted by Gasteiger charge is 2.17. The van der Waals surface area contributed by atoms with E-state index in [2.05, 4.69) is 20.7 Å². The first-order valence-corrected chi connectivity index (χ1v) is 7.86. The van der Waals surface area contributed by atoms with Crippen LogP contribution in [0.15, 0.2) is 51.8 Å². The van der Waals surface area contributed by atoms with Gasteiger partial charge in [0.1, 0.15) is 5.82 Å². The maximum atomic E-state index is 13.6. The minimum absolute atomic E-state index is 0.239. The van der Waals surface area contributed by atoms with Gasteiger partial charge in [0.05, 0.1) is 16.6 Å². The Hall–Kier alpha value is -1.93. The molecule has 0 spiro atoms. The van der Waals surface area contributed by atoms with Crippen LogP contribution in [0.25, 0.3) is 0 Å². The van der Waals surface area contributed by atoms with Crippen LogP contribution in [0.2, 0.25) is 0 Å². The molecule has 0 unspecified atom stereocenters. The fourth-order valence-corrected chi connectivity index (χ4v) is 3.01. The van der Waals surface area contributed by atoms with E-state index in [0.29, 0.717) is 4.47 Å². The molecule has 0 fully saturated rings. The van der Waals surface area contributed by atoms with Gasteiger partial charge < -0.3 is 9.90 Å². The summed E-state index contributed by atoms with van der Waals surface area (Å²) in [5, 5.41) is 10.7. The number of halogens is 2.